The topological polar surface area (TPSA) is 93.5 Å². The number of hydrogen-bond acceptors (Lipinski definition) is 6. The van der Waals surface area contributed by atoms with E-state index in [9.17, 15) is 14.9 Å². The standard InChI is InChI=1S/C19H21N3O4S2/c1-3-26-18(23)16-13-6-4-5-7-15(13)28-17(16)21-19(27)20-12-9-8-11(2)14(10-12)22(24)25/h8-10H,3-7H2,1-2H3,(H2,20,21,27). The lowest BCUT2D eigenvalue weighted by atomic mass is 9.95. The molecule has 1 aliphatic carbocycles. The van der Waals surface area contributed by atoms with E-state index in [0.717, 1.165) is 31.2 Å². The van der Waals surface area contributed by atoms with Gasteiger partial charge in [-0.1, -0.05) is 6.07 Å². The highest BCUT2D eigenvalue weighted by Crippen LogP contribution is 2.38. The fraction of sp³-hybridized carbons (Fsp3) is 0.368. The minimum atomic E-state index is -0.427. The second kappa shape index (κ2) is 8.66. The summed E-state index contributed by atoms with van der Waals surface area (Å²) in [6.07, 6.45) is 3.95. The lowest BCUT2D eigenvalue weighted by molar-refractivity contribution is -0.385. The Labute approximate surface area is 172 Å². The SMILES string of the molecule is CCOC(=O)c1c(NC(=S)Nc2ccc(C)c([N+](=O)[O-])c2)sc2c1CCCC2. The van der Waals surface area contributed by atoms with Crippen LogP contribution < -0.4 is 10.6 Å². The number of anilines is 2. The number of carbonyl (C=O) groups excluding carboxylic acids is 1. The van der Waals surface area contributed by atoms with Gasteiger partial charge in [0.15, 0.2) is 5.11 Å². The molecule has 1 aromatic carbocycles. The first-order valence-electron chi connectivity index (χ1n) is 9.05. The van der Waals surface area contributed by atoms with E-state index in [1.807, 2.05) is 0 Å². The molecule has 0 fully saturated rings. The van der Waals surface area contributed by atoms with E-state index in [0.29, 0.717) is 28.4 Å². The smallest absolute Gasteiger partial charge is 0.341 e. The molecule has 148 valence electrons. The van der Waals surface area contributed by atoms with E-state index in [1.54, 1.807) is 26.0 Å². The summed E-state index contributed by atoms with van der Waals surface area (Å²) in [5, 5.41) is 18.1. The van der Waals surface area contributed by atoms with Crippen LogP contribution in [-0.4, -0.2) is 22.6 Å². The quantitative estimate of drug-likeness (QED) is 0.310. The Balaban J connectivity index is 1.82. The van der Waals surface area contributed by atoms with Crippen molar-refractivity contribution in [3.63, 3.8) is 0 Å². The zero-order valence-electron chi connectivity index (χ0n) is 15.7. The molecule has 2 N–H and O–H groups in total. The van der Waals surface area contributed by atoms with Crippen LogP contribution in [0.3, 0.4) is 0 Å². The second-order valence-electron chi connectivity index (χ2n) is 6.47. The van der Waals surface area contributed by atoms with Crippen molar-refractivity contribution in [1.29, 1.82) is 0 Å². The van der Waals surface area contributed by atoms with E-state index in [1.165, 1.54) is 22.3 Å². The zero-order valence-corrected chi connectivity index (χ0v) is 17.3. The van der Waals surface area contributed by atoms with E-state index >= 15 is 0 Å². The van der Waals surface area contributed by atoms with Crippen LogP contribution in [0.5, 0.6) is 0 Å². The number of hydrogen-bond donors (Lipinski definition) is 2. The highest BCUT2D eigenvalue weighted by molar-refractivity contribution is 7.80. The molecule has 0 atom stereocenters. The first-order valence-corrected chi connectivity index (χ1v) is 10.3. The molecule has 2 aromatic rings. The van der Waals surface area contributed by atoms with Crippen molar-refractivity contribution in [1.82, 2.24) is 0 Å². The molecule has 3 rings (SSSR count). The maximum absolute atomic E-state index is 12.5. The van der Waals surface area contributed by atoms with Gasteiger partial charge in [0.05, 0.1) is 17.1 Å². The normalized spacial score (nSPS) is 12.8. The number of fused-ring (bicyclic) bond motifs is 1. The van der Waals surface area contributed by atoms with Gasteiger partial charge in [-0.05, 0) is 63.4 Å². The molecule has 1 aliphatic rings. The molecule has 0 amide bonds. The minimum Gasteiger partial charge on any atom is -0.462 e. The number of nitro benzene ring substituents is 1. The van der Waals surface area contributed by atoms with Gasteiger partial charge < -0.3 is 15.4 Å². The molecule has 0 bridgehead atoms. The van der Waals surface area contributed by atoms with Crippen LogP contribution in [0.2, 0.25) is 0 Å². The Kier molecular flexibility index (Phi) is 6.25. The average Bonchev–Trinajstić information content (AvgIpc) is 3.01. The van der Waals surface area contributed by atoms with Gasteiger partial charge in [-0.15, -0.1) is 11.3 Å². The van der Waals surface area contributed by atoms with Crippen molar-refractivity contribution in [2.75, 3.05) is 17.2 Å². The fourth-order valence-electron chi connectivity index (χ4n) is 3.22. The molecule has 0 saturated heterocycles. The summed E-state index contributed by atoms with van der Waals surface area (Å²) in [5.41, 5.74) is 2.71. The maximum Gasteiger partial charge on any atom is 0.341 e. The Morgan fingerprint density at radius 2 is 2.07 bits per heavy atom. The van der Waals surface area contributed by atoms with Crippen LogP contribution in [0, 0.1) is 17.0 Å². The monoisotopic (exact) mass is 419 g/mol. The highest BCUT2D eigenvalue weighted by atomic mass is 32.1. The van der Waals surface area contributed by atoms with Crippen LogP contribution in [0.4, 0.5) is 16.4 Å². The van der Waals surface area contributed by atoms with Gasteiger partial charge >= 0.3 is 5.97 Å². The molecular weight excluding hydrogens is 398 g/mol. The van der Waals surface area contributed by atoms with Gasteiger partial charge in [0, 0.05) is 22.2 Å². The summed E-state index contributed by atoms with van der Waals surface area (Å²) in [4.78, 5) is 24.4. The third-order valence-corrected chi connectivity index (χ3v) is 5.95. The lowest BCUT2D eigenvalue weighted by Gasteiger charge is -2.13. The van der Waals surface area contributed by atoms with Crippen LogP contribution >= 0.6 is 23.6 Å². The van der Waals surface area contributed by atoms with Gasteiger partial charge in [-0.2, -0.15) is 0 Å². The van der Waals surface area contributed by atoms with Crippen LogP contribution in [0.15, 0.2) is 18.2 Å². The summed E-state index contributed by atoms with van der Waals surface area (Å²) in [7, 11) is 0. The van der Waals surface area contributed by atoms with E-state index in [4.69, 9.17) is 17.0 Å². The minimum absolute atomic E-state index is 0.0200. The molecule has 0 radical (unpaired) electrons. The predicted octanol–water partition coefficient (Wildman–Crippen LogP) is 4.83. The molecule has 1 heterocycles. The number of esters is 1. The number of ether oxygens (including phenoxy) is 1. The molecule has 0 saturated carbocycles. The van der Waals surface area contributed by atoms with Gasteiger partial charge in [-0.3, -0.25) is 10.1 Å². The van der Waals surface area contributed by atoms with Crippen molar-refractivity contribution in [3.05, 3.63) is 49.9 Å². The van der Waals surface area contributed by atoms with Crippen molar-refractivity contribution in [2.24, 2.45) is 0 Å². The van der Waals surface area contributed by atoms with Crippen molar-refractivity contribution < 1.29 is 14.5 Å². The largest absolute Gasteiger partial charge is 0.462 e. The molecular formula is C19H21N3O4S2. The van der Waals surface area contributed by atoms with Gasteiger partial charge in [-0.25, -0.2) is 4.79 Å². The molecule has 28 heavy (non-hydrogen) atoms. The summed E-state index contributed by atoms with van der Waals surface area (Å²) in [6.45, 7) is 3.76. The number of rotatable bonds is 5. The Bertz CT molecular complexity index is 940. The molecule has 1 aromatic heterocycles. The number of carbonyl (C=O) groups is 1. The molecule has 7 nitrogen and oxygen atoms in total. The summed E-state index contributed by atoms with van der Waals surface area (Å²) in [5.74, 6) is -0.349. The van der Waals surface area contributed by atoms with E-state index < -0.39 is 4.92 Å². The maximum atomic E-state index is 12.5. The number of nitrogens with one attached hydrogen (secondary N) is 2. The first kappa shape index (κ1) is 20.2. The second-order valence-corrected chi connectivity index (χ2v) is 7.99. The van der Waals surface area contributed by atoms with Gasteiger partial charge in [0.2, 0.25) is 0 Å². The zero-order chi connectivity index (χ0) is 20.3. The Morgan fingerprint density at radius 1 is 1.32 bits per heavy atom. The van der Waals surface area contributed by atoms with Crippen molar-refractivity contribution >= 4 is 51.0 Å². The van der Waals surface area contributed by atoms with Gasteiger partial charge in [0.25, 0.3) is 5.69 Å². The summed E-state index contributed by atoms with van der Waals surface area (Å²) in [6, 6.07) is 4.83. The van der Waals surface area contributed by atoms with Crippen molar-refractivity contribution in [2.45, 2.75) is 39.5 Å². The third-order valence-electron chi connectivity index (χ3n) is 4.54. The van der Waals surface area contributed by atoms with Crippen LogP contribution in [0.25, 0.3) is 0 Å². The van der Waals surface area contributed by atoms with Crippen LogP contribution in [0.1, 0.15) is 46.1 Å². The van der Waals surface area contributed by atoms with E-state index in [2.05, 4.69) is 10.6 Å². The summed E-state index contributed by atoms with van der Waals surface area (Å²) < 4.78 is 5.24. The Morgan fingerprint density at radius 3 is 2.79 bits per heavy atom. The number of nitrogens with zero attached hydrogens (tertiary/aromatic N) is 1. The van der Waals surface area contributed by atoms with Crippen molar-refractivity contribution in [3.8, 4) is 0 Å². The molecule has 0 unspecified atom stereocenters. The van der Waals surface area contributed by atoms with Gasteiger partial charge in [0.1, 0.15) is 5.00 Å². The Hall–Kier alpha value is -2.52. The number of aryl methyl sites for hydroxylation is 2. The predicted molar refractivity (Wildman–Crippen MR) is 115 cm³/mol. The summed E-state index contributed by atoms with van der Waals surface area (Å²) >= 11 is 6.89. The fourth-order valence-corrected chi connectivity index (χ4v) is 4.79. The number of thiocarbonyl (C=S) groups is 1. The number of thiophene rings is 1. The molecule has 9 heteroatoms. The number of nitro groups is 1. The average molecular weight is 420 g/mol. The lowest BCUT2D eigenvalue weighted by Crippen LogP contribution is -2.20. The molecule has 0 aliphatic heterocycles. The van der Waals surface area contributed by atoms with Crippen LogP contribution in [-0.2, 0) is 17.6 Å². The first-order chi connectivity index (χ1) is 13.4. The number of benzene rings is 1. The highest BCUT2D eigenvalue weighted by Gasteiger charge is 2.26. The molecule has 0 spiro atoms. The van der Waals surface area contributed by atoms with E-state index in [-0.39, 0.29) is 16.8 Å². The third kappa shape index (κ3) is 4.31.